The first-order valence-corrected chi connectivity index (χ1v) is 7.62. The van der Waals surface area contributed by atoms with E-state index in [4.69, 9.17) is 0 Å². The molecule has 0 aromatic carbocycles. The largest absolute Gasteiger partial charge is 0.274 e. The molecule has 0 aliphatic carbocycles. The highest BCUT2D eigenvalue weighted by molar-refractivity contribution is 7.89. The van der Waals surface area contributed by atoms with Crippen LogP contribution in [0.3, 0.4) is 0 Å². The zero-order valence-corrected chi connectivity index (χ0v) is 12.8. The Kier molecular flexibility index (Phi) is 4.23. The Hall–Kier alpha value is -0.880. The van der Waals surface area contributed by atoms with Crippen LogP contribution in [-0.4, -0.2) is 24.2 Å². The van der Waals surface area contributed by atoms with Crippen molar-refractivity contribution in [2.75, 3.05) is 0 Å². The molecule has 1 N–H and O–H groups in total. The van der Waals surface area contributed by atoms with Crippen molar-refractivity contribution in [2.24, 2.45) is 7.05 Å². The summed E-state index contributed by atoms with van der Waals surface area (Å²) in [7, 11) is -1.76. The van der Waals surface area contributed by atoms with E-state index in [1.54, 1.807) is 17.9 Å². The molecule has 1 atom stereocenters. The molecule has 0 bridgehead atoms. The summed E-state index contributed by atoms with van der Waals surface area (Å²) in [5.74, 6) is 0. The van der Waals surface area contributed by atoms with Crippen molar-refractivity contribution < 1.29 is 8.42 Å². The van der Waals surface area contributed by atoms with E-state index < -0.39 is 10.0 Å². The van der Waals surface area contributed by atoms with Gasteiger partial charge in [-0.3, -0.25) is 4.68 Å². The van der Waals surface area contributed by atoms with Crippen molar-refractivity contribution in [2.45, 2.75) is 57.4 Å². The number of hydrogen-bond donors (Lipinski definition) is 1. The number of sulfonamides is 1. The predicted octanol–water partition coefficient (Wildman–Crippen LogP) is 1.79. The summed E-state index contributed by atoms with van der Waals surface area (Å²) < 4.78 is 28.9. The molecule has 1 aromatic heterocycles. The lowest BCUT2D eigenvalue weighted by molar-refractivity contribution is 0.529. The topological polar surface area (TPSA) is 64.0 Å². The van der Waals surface area contributed by atoms with Gasteiger partial charge < -0.3 is 0 Å². The third kappa shape index (κ3) is 3.32. The number of nitrogens with one attached hydrogen (secondary N) is 1. The van der Waals surface area contributed by atoms with Gasteiger partial charge in [0.15, 0.2) is 0 Å². The molecule has 6 heteroatoms. The summed E-state index contributed by atoms with van der Waals surface area (Å²) in [6.45, 7) is 9.67. The Morgan fingerprint density at radius 1 is 1.44 bits per heavy atom. The quantitative estimate of drug-likeness (QED) is 0.909. The Morgan fingerprint density at radius 2 is 2.00 bits per heavy atom. The lowest BCUT2D eigenvalue weighted by atomic mass is 9.92. The summed E-state index contributed by atoms with van der Waals surface area (Å²) in [4.78, 5) is 0.276. The van der Waals surface area contributed by atoms with Gasteiger partial charge in [-0.05, 0) is 13.3 Å². The molecule has 1 unspecified atom stereocenters. The fraction of sp³-hybridized carbons (Fsp3) is 0.750. The van der Waals surface area contributed by atoms with Crippen molar-refractivity contribution in [1.82, 2.24) is 14.5 Å². The molecule has 5 nitrogen and oxygen atoms in total. The van der Waals surface area contributed by atoms with Crippen molar-refractivity contribution in [3.05, 3.63) is 11.9 Å². The lowest BCUT2D eigenvalue weighted by Crippen LogP contribution is -2.33. The van der Waals surface area contributed by atoms with Crippen LogP contribution in [0.1, 0.15) is 46.7 Å². The zero-order chi connectivity index (χ0) is 14.1. The molecule has 0 saturated carbocycles. The van der Waals surface area contributed by atoms with Gasteiger partial charge in [0.25, 0.3) is 0 Å². The van der Waals surface area contributed by atoms with Crippen LogP contribution in [0.2, 0.25) is 0 Å². The van der Waals surface area contributed by atoms with Crippen LogP contribution in [0.5, 0.6) is 0 Å². The molecule has 0 fully saturated rings. The average Bonchev–Trinajstić information content (AvgIpc) is 2.60. The highest BCUT2D eigenvalue weighted by atomic mass is 32.2. The van der Waals surface area contributed by atoms with Gasteiger partial charge in [0, 0.05) is 24.7 Å². The molecule has 18 heavy (non-hydrogen) atoms. The van der Waals surface area contributed by atoms with Gasteiger partial charge in [0.05, 0.1) is 5.69 Å². The summed E-state index contributed by atoms with van der Waals surface area (Å²) in [6, 6.07) is -0.0805. The fourth-order valence-corrected chi connectivity index (χ4v) is 3.31. The van der Waals surface area contributed by atoms with E-state index >= 15 is 0 Å². The molecule has 0 amide bonds. The predicted molar refractivity (Wildman–Crippen MR) is 72.0 cm³/mol. The van der Waals surface area contributed by atoms with Crippen LogP contribution < -0.4 is 4.72 Å². The second kappa shape index (κ2) is 5.01. The highest BCUT2D eigenvalue weighted by Gasteiger charge is 2.29. The van der Waals surface area contributed by atoms with Gasteiger partial charge in [-0.1, -0.05) is 27.7 Å². The SMILES string of the molecule is CCC(C)NS(=O)(=O)c1cn(C)nc1C(C)(C)C. The highest BCUT2D eigenvalue weighted by Crippen LogP contribution is 2.27. The molecule has 1 heterocycles. The van der Waals surface area contributed by atoms with Crippen molar-refractivity contribution in [1.29, 1.82) is 0 Å². The average molecular weight is 273 g/mol. The van der Waals surface area contributed by atoms with Gasteiger partial charge >= 0.3 is 0 Å². The smallest absolute Gasteiger partial charge is 0.244 e. The maximum Gasteiger partial charge on any atom is 0.244 e. The molecule has 1 aromatic rings. The van der Waals surface area contributed by atoms with E-state index in [2.05, 4.69) is 9.82 Å². The van der Waals surface area contributed by atoms with Gasteiger partial charge in [0.2, 0.25) is 10.0 Å². The zero-order valence-electron chi connectivity index (χ0n) is 12.0. The van der Waals surface area contributed by atoms with E-state index in [0.29, 0.717) is 5.69 Å². The Morgan fingerprint density at radius 3 is 2.44 bits per heavy atom. The van der Waals surface area contributed by atoms with Crippen LogP contribution in [0.15, 0.2) is 11.1 Å². The lowest BCUT2D eigenvalue weighted by Gasteiger charge is -2.18. The van der Waals surface area contributed by atoms with Crippen molar-refractivity contribution in [3.63, 3.8) is 0 Å². The van der Waals surface area contributed by atoms with Crippen molar-refractivity contribution in [3.8, 4) is 0 Å². The fourth-order valence-electron chi connectivity index (χ4n) is 1.59. The van der Waals surface area contributed by atoms with Crippen LogP contribution in [0, 0.1) is 0 Å². The number of hydrogen-bond acceptors (Lipinski definition) is 3. The maximum absolute atomic E-state index is 12.3. The molecule has 0 radical (unpaired) electrons. The monoisotopic (exact) mass is 273 g/mol. The molecule has 0 aliphatic heterocycles. The standard InChI is InChI=1S/C12H23N3O2S/c1-7-9(2)14-18(16,17)10-8-15(6)13-11(10)12(3,4)5/h8-9,14H,7H2,1-6H3. The molecular formula is C12H23N3O2S. The van der Waals surface area contributed by atoms with Crippen LogP contribution in [0.25, 0.3) is 0 Å². The van der Waals surface area contributed by atoms with E-state index in [9.17, 15) is 8.42 Å². The molecule has 0 spiro atoms. The Balaban J connectivity index is 3.25. The van der Waals surface area contributed by atoms with Gasteiger partial charge in [-0.2, -0.15) is 5.10 Å². The minimum Gasteiger partial charge on any atom is -0.274 e. The molecular weight excluding hydrogens is 250 g/mol. The third-order valence-corrected chi connectivity index (χ3v) is 4.35. The molecule has 0 saturated heterocycles. The van der Waals surface area contributed by atoms with Gasteiger partial charge in [-0.15, -0.1) is 0 Å². The first-order valence-electron chi connectivity index (χ1n) is 6.14. The van der Waals surface area contributed by atoms with Crippen LogP contribution in [-0.2, 0) is 22.5 Å². The van der Waals surface area contributed by atoms with Gasteiger partial charge in [-0.25, -0.2) is 13.1 Å². The van der Waals surface area contributed by atoms with Crippen molar-refractivity contribution >= 4 is 10.0 Å². The molecule has 0 aliphatic rings. The van der Waals surface area contributed by atoms with Crippen LogP contribution in [0.4, 0.5) is 0 Å². The van der Waals surface area contributed by atoms with E-state index in [1.807, 2.05) is 34.6 Å². The summed E-state index contributed by atoms with van der Waals surface area (Å²) >= 11 is 0. The Bertz CT molecular complexity index is 512. The van der Waals surface area contributed by atoms with Gasteiger partial charge in [0.1, 0.15) is 4.90 Å². The third-order valence-electron chi connectivity index (χ3n) is 2.76. The second-order valence-corrected chi connectivity index (χ2v) is 7.38. The van der Waals surface area contributed by atoms with E-state index in [1.165, 1.54) is 0 Å². The number of rotatable bonds is 4. The first-order chi connectivity index (χ1) is 8.08. The normalized spacial score (nSPS) is 14.8. The van der Waals surface area contributed by atoms with E-state index in [-0.39, 0.29) is 16.4 Å². The van der Waals surface area contributed by atoms with E-state index in [0.717, 1.165) is 6.42 Å². The molecule has 104 valence electrons. The number of nitrogens with zero attached hydrogens (tertiary/aromatic N) is 2. The minimum atomic E-state index is -3.50. The number of aromatic nitrogens is 2. The first kappa shape index (κ1) is 15.2. The van der Waals surface area contributed by atoms with Crippen LogP contribution >= 0.6 is 0 Å². The maximum atomic E-state index is 12.3. The summed E-state index contributed by atoms with van der Waals surface area (Å²) in [6.07, 6.45) is 2.32. The summed E-state index contributed by atoms with van der Waals surface area (Å²) in [5, 5.41) is 4.28. The molecule has 1 rings (SSSR count). The summed E-state index contributed by atoms with van der Waals surface area (Å²) in [5.41, 5.74) is 0.293. The second-order valence-electron chi connectivity index (χ2n) is 5.70. The Labute approximate surface area is 110 Å². The number of aryl methyl sites for hydroxylation is 1. The minimum absolute atomic E-state index is 0.0805.